The number of hydrogen-bond donors (Lipinski definition) is 2. The van der Waals surface area contributed by atoms with E-state index in [0.717, 1.165) is 0 Å². The van der Waals surface area contributed by atoms with Crippen LogP contribution in [0.2, 0.25) is 0 Å². The first-order valence-corrected chi connectivity index (χ1v) is 4.15. The van der Waals surface area contributed by atoms with E-state index < -0.39 is 0 Å². The second-order valence-electron chi connectivity index (χ2n) is 3.19. The fourth-order valence-corrected chi connectivity index (χ4v) is 1.63. The Balaban J connectivity index is 2.17. The zero-order valence-corrected chi connectivity index (χ0v) is 6.64. The van der Waals surface area contributed by atoms with Crippen molar-refractivity contribution in [3.63, 3.8) is 0 Å². The lowest BCUT2D eigenvalue weighted by Gasteiger charge is -2.26. The third-order valence-electron chi connectivity index (χ3n) is 2.51. The summed E-state index contributed by atoms with van der Waals surface area (Å²) in [6.07, 6.45) is 4.87. The number of aliphatic hydroxyl groups excluding tert-OH is 1. The van der Waals surface area contributed by atoms with Crippen molar-refractivity contribution in [2.45, 2.75) is 31.7 Å². The normalized spacial score (nSPS) is 34.2. The Morgan fingerprint density at radius 1 is 1.30 bits per heavy atom. The summed E-state index contributed by atoms with van der Waals surface area (Å²) in [7, 11) is 2.02. The predicted octanol–water partition coefficient (Wildman–Crippen LogP) is 0.757. The molecule has 0 aromatic rings. The van der Waals surface area contributed by atoms with E-state index in [1.54, 1.807) is 0 Å². The molecule has 2 N–H and O–H groups in total. The van der Waals surface area contributed by atoms with Crippen LogP contribution in [-0.4, -0.2) is 24.8 Å². The molecule has 1 aliphatic carbocycles. The molecule has 1 saturated carbocycles. The predicted molar refractivity (Wildman–Crippen MR) is 41.9 cm³/mol. The Bertz CT molecular complexity index is 75.3. The van der Waals surface area contributed by atoms with Gasteiger partial charge < -0.3 is 10.4 Å². The minimum atomic E-state index is 0.385. The Morgan fingerprint density at radius 3 is 2.30 bits per heavy atom. The number of rotatable bonds is 2. The summed E-state index contributed by atoms with van der Waals surface area (Å²) in [6.45, 7) is 0.385. The van der Waals surface area contributed by atoms with Crippen LogP contribution in [0, 0.1) is 5.92 Å². The van der Waals surface area contributed by atoms with Crippen molar-refractivity contribution >= 4 is 0 Å². The van der Waals surface area contributed by atoms with Gasteiger partial charge in [-0.1, -0.05) is 0 Å². The topological polar surface area (TPSA) is 32.3 Å². The van der Waals surface area contributed by atoms with Gasteiger partial charge in [0, 0.05) is 12.6 Å². The first-order chi connectivity index (χ1) is 4.86. The van der Waals surface area contributed by atoms with Crippen LogP contribution in [0.1, 0.15) is 25.7 Å². The zero-order valence-electron chi connectivity index (χ0n) is 6.64. The number of hydrogen-bond acceptors (Lipinski definition) is 2. The van der Waals surface area contributed by atoms with Gasteiger partial charge in [0.2, 0.25) is 0 Å². The molecule has 0 aromatic heterocycles. The monoisotopic (exact) mass is 143 g/mol. The highest BCUT2D eigenvalue weighted by atomic mass is 16.3. The lowest BCUT2D eigenvalue weighted by Crippen LogP contribution is -2.30. The average molecular weight is 143 g/mol. The highest BCUT2D eigenvalue weighted by Crippen LogP contribution is 2.23. The molecule has 0 aliphatic heterocycles. The Kier molecular flexibility index (Phi) is 3.16. The van der Waals surface area contributed by atoms with Crippen LogP contribution in [-0.2, 0) is 0 Å². The average Bonchev–Trinajstić information content (AvgIpc) is 2.05. The van der Waals surface area contributed by atoms with Crippen molar-refractivity contribution in [3.05, 3.63) is 0 Å². The van der Waals surface area contributed by atoms with Gasteiger partial charge in [-0.25, -0.2) is 0 Å². The molecule has 0 aromatic carbocycles. The van der Waals surface area contributed by atoms with Gasteiger partial charge in [0.1, 0.15) is 0 Å². The van der Waals surface area contributed by atoms with E-state index in [4.69, 9.17) is 5.11 Å². The summed E-state index contributed by atoms with van der Waals surface area (Å²) >= 11 is 0. The quantitative estimate of drug-likeness (QED) is 0.598. The van der Waals surface area contributed by atoms with Gasteiger partial charge in [0.05, 0.1) is 0 Å². The minimum absolute atomic E-state index is 0.385. The zero-order chi connectivity index (χ0) is 7.40. The summed E-state index contributed by atoms with van der Waals surface area (Å²) in [5.41, 5.74) is 0. The van der Waals surface area contributed by atoms with E-state index in [1.807, 2.05) is 7.05 Å². The maximum atomic E-state index is 8.83. The van der Waals surface area contributed by atoms with E-state index in [0.29, 0.717) is 18.6 Å². The SMILES string of the molecule is CN[C@H]1CC[C@H](CO)CC1. The maximum absolute atomic E-state index is 8.83. The second kappa shape index (κ2) is 3.94. The van der Waals surface area contributed by atoms with Crippen molar-refractivity contribution in [2.75, 3.05) is 13.7 Å². The molecular formula is C8H17NO. The molecule has 0 atom stereocenters. The molecule has 2 nitrogen and oxygen atoms in total. The molecule has 0 saturated heterocycles. The van der Waals surface area contributed by atoms with E-state index in [1.165, 1.54) is 25.7 Å². The van der Waals surface area contributed by atoms with Crippen LogP contribution in [0.25, 0.3) is 0 Å². The molecular weight excluding hydrogens is 126 g/mol. The lowest BCUT2D eigenvalue weighted by atomic mass is 9.87. The molecule has 2 heteroatoms. The van der Waals surface area contributed by atoms with Gasteiger partial charge in [-0.05, 0) is 38.6 Å². The van der Waals surface area contributed by atoms with Crippen molar-refractivity contribution in [2.24, 2.45) is 5.92 Å². The van der Waals surface area contributed by atoms with Crippen molar-refractivity contribution in [1.82, 2.24) is 5.32 Å². The smallest absolute Gasteiger partial charge is 0.0459 e. The summed E-state index contributed by atoms with van der Waals surface area (Å²) in [5, 5.41) is 12.1. The third-order valence-corrected chi connectivity index (χ3v) is 2.51. The first kappa shape index (κ1) is 8.02. The third kappa shape index (κ3) is 1.96. The van der Waals surface area contributed by atoms with Gasteiger partial charge in [0.15, 0.2) is 0 Å². The van der Waals surface area contributed by atoms with Crippen LogP contribution in [0.5, 0.6) is 0 Å². The van der Waals surface area contributed by atoms with Crippen LogP contribution < -0.4 is 5.32 Å². The largest absolute Gasteiger partial charge is 0.396 e. The van der Waals surface area contributed by atoms with Crippen molar-refractivity contribution < 1.29 is 5.11 Å². The Morgan fingerprint density at radius 2 is 1.90 bits per heavy atom. The summed E-state index contributed by atoms with van der Waals surface area (Å²) in [4.78, 5) is 0. The molecule has 1 rings (SSSR count). The molecule has 0 amide bonds. The molecule has 10 heavy (non-hydrogen) atoms. The van der Waals surface area contributed by atoms with Gasteiger partial charge >= 0.3 is 0 Å². The van der Waals surface area contributed by atoms with Crippen LogP contribution >= 0.6 is 0 Å². The van der Waals surface area contributed by atoms with E-state index >= 15 is 0 Å². The first-order valence-electron chi connectivity index (χ1n) is 4.15. The second-order valence-corrected chi connectivity index (χ2v) is 3.19. The highest BCUT2D eigenvalue weighted by molar-refractivity contribution is 4.75. The number of nitrogens with one attached hydrogen (secondary N) is 1. The fourth-order valence-electron chi connectivity index (χ4n) is 1.63. The van der Waals surface area contributed by atoms with E-state index in [2.05, 4.69) is 5.32 Å². The molecule has 60 valence electrons. The minimum Gasteiger partial charge on any atom is -0.396 e. The van der Waals surface area contributed by atoms with Crippen LogP contribution in [0.4, 0.5) is 0 Å². The summed E-state index contributed by atoms with van der Waals surface area (Å²) in [5.74, 6) is 0.588. The molecule has 0 spiro atoms. The Labute approximate surface area is 62.6 Å². The van der Waals surface area contributed by atoms with Gasteiger partial charge in [-0.2, -0.15) is 0 Å². The standard InChI is InChI=1S/C8H17NO/c1-9-8-4-2-7(6-10)3-5-8/h7-10H,2-6H2,1H3/t7-,8-. The fraction of sp³-hybridized carbons (Fsp3) is 1.00. The molecule has 1 aliphatic rings. The van der Waals surface area contributed by atoms with Gasteiger partial charge in [-0.15, -0.1) is 0 Å². The summed E-state index contributed by atoms with van der Waals surface area (Å²) in [6, 6.07) is 0.711. The van der Waals surface area contributed by atoms with E-state index in [-0.39, 0.29) is 0 Å². The van der Waals surface area contributed by atoms with E-state index in [9.17, 15) is 0 Å². The highest BCUT2D eigenvalue weighted by Gasteiger charge is 2.18. The lowest BCUT2D eigenvalue weighted by molar-refractivity contribution is 0.177. The molecule has 0 heterocycles. The van der Waals surface area contributed by atoms with Crippen molar-refractivity contribution in [1.29, 1.82) is 0 Å². The van der Waals surface area contributed by atoms with Crippen LogP contribution in [0.15, 0.2) is 0 Å². The molecule has 0 unspecified atom stereocenters. The molecule has 1 fully saturated rings. The molecule has 0 bridgehead atoms. The molecule has 0 radical (unpaired) electrons. The maximum Gasteiger partial charge on any atom is 0.0459 e. The van der Waals surface area contributed by atoms with Gasteiger partial charge in [0.25, 0.3) is 0 Å². The van der Waals surface area contributed by atoms with Crippen LogP contribution in [0.3, 0.4) is 0 Å². The number of aliphatic hydroxyl groups is 1. The van der Waals surface area contributed by atoms with Crippen molar-refractivity contribution in [3.8, 4) is 0 Å². The Hall–Kier alpha value is -0.0800. The van der Waals surface area contributed by atoms with Gasteiger partial charge in [-0.3, -0.25) is 0 Å². The summed E-state index contributed by atoms with van der Waals surface area (Å²) < 4.78 is 0.